The van der Waals surface area contributed by atoms with Gasteiger partial charge in [0.15, 0.2) is 0 Å². The van der Waals surface area contributed by atoms with Crippen molar-refractivity contribution in [3.05, 3.63) is 58.7 Å². The Morgan fingerprint density at radius 2 is 1.81 bits per heavy atom. The Hall–Kier alpha value is -2.23. The van der Waals surface area contributed by atoms with Gasteiger partial charge in [0, 0.05) is 5.56 Å². The lowest BCUT2D eigenvalue weighted by atomic mass is 9.93. The van der Waals surface area contributed by atoms with Gasteiger partial charge in [0.05, 0.1) is 6.42 Å². The Balaban J connectivity index is 2.17. The number of carboxylic acid groups (broad SMARTS) is 1. The molecule has 0 aliphatic carbocycles. The van der Waals surface area contributed by atoms with Crippen LogP contribution in [0.4, 0.5) is 0 Å². The third-order valence-electron chi connectivity index (χ3n) is 3.23. The number of hydrogen-bond acceptors (Lipinski definition) is 2. The molecule has 4 heteroatoms. The van der Waals surface area contributed by atoms with Crippen molar-refractivity contribution in [1.82, 2.24) is 0 Å². The Morgan fingerprint density at radius 3 is 2.43 bits per heavy atom. The van der Waals surface area contributed by atoms with E-state index < -0.39 is 5.97 Å². The number of aliphatic carboxylic acids is 1. The van der Waals surface area contributed by atoms with Crippen LogP contribution in [0.1, 0.15) is 22.3 Å². The first-order valence-corrected chi connectivity index (χ1v) is 6.95. The molecular formula is C17H19BO3. The zero-order valence-electron chi connectivity index (χ0n) is 12.6. The van der Waals surface area contributed by atoms with Crippen LogP contribution in [-0.4, -0.2) is 18.9 Å². The van der Waals surface area contributed by atoms with Gasteiger partial charge in [0.2, 0.25) is 0 Å². The van der Waals surface area contributed by atoms with Crippen molar-refractivity contribution in [3.8, 4) is 5.75 Å². The van der Waals surface area contributed by atoms with Crippen LogP contribution < -0.4 is 10.2 Å². The van der Waals surface area contributed by atoms with E-state index in [2.05, 4.69) is 32.0 Å². The second-order valence-electron chi connectivity index (χ2n) is 5.47. The van der Waals surface area contributed by atoms with Crippen LogP contribution in [-0.2, 0) is 17.8 Å². The van der Waals surface area contributed by atoms with E-state index in [0.29, 0.717) is 17.9 Å². The van der Waals surface area contributed by atoms with E-state index in [1.807, 2.05) is 26.0 Å². The van der Waals surface area contributed by atoms with Crippen molar-refractivity contribution in [2.75, 3.05) is 0 Å². The maximum absolute atomic E-state index is 10.9. The Bertz CT molecular complexity index is 645. The molecule has 2 aromatic carbocycles. The average molecular weight is 282 g/mol. The quantitative estimate of drug-likeness (QED) is 0.850. The minimum Gasteiger partial charge on any atom is -0.489 e. The van der Waals surface area contributed by atoms with E-state index in [1.165, 1.54) is 11.1 Å². The summed E-state index contributed by atoms with van der Waals surface area (Å²) in [6.45, 7) is 4.55. The summed E-state index contributed by atoms with van der Waals surface area (Å²) in [7, 11) is 1.94. The molecule has 0 aliphatic rings. The van der Waals surface area contributed by atoms with Gasteiger partial charge in [-0.2, -0.15) is 0 Å². The topological polar surface area (TPSA) is 46.5 Å². The summed E-state index contributed by atoms with van der Waals surface area (Å²) in [5, 5.41) is 8.98. The number of carbonyl (C=O) groups is 1. The van der Waals surface area contributed by atoms with Crippen LogP contribution in [0.2, 0.25) is 0 Å². The Kier molecular flexibility index (Phi) is 4.68. The molecule has 0 atom stereocenters. The van der Waals surface area contributed by atoms with Crippen LogP contribution in [0.3, 0.4) is 0 Å². The van der Waals surface area contributed by atoms with Crippen molar-refractivity contribution in [2.24, 2.45) is 0 Å². The van der Waals surface area contributed by atoms with E-state index in [-0.39, 0.29) is 6.42 Å². The highest BCUT2D eigenvalue weighted by Crippen LogP contribution is 2.20. The molecule has 0 heterocycles. The van der Waals surface area contributed by atoms with Gasteiger partial charge in [0.1, 0.15) is 20.2 Å². The lowest BCUT2D eigenvalue weighted by Gasteiger charge is -2.12. The zero-order chi connectivity index (χ0) is 15.4. The number of hydrogen-bond donors (Lipinski definition) is 1. The van der Waals surface area contributed by atoms with Crippen LogP contribution >= 0.6 is 0 Å². The summed E-state index contributed by atoms with van der Waals surface area (Å²) >= 11 is 0. The van der Waals surface area contributed by atoms with Gasteiger partial charge in [0.25, 0.3) is 0 Å². The molecule has 0 amide bonds. The van der Waals surface area contributed by atoms with E-state index in [0.717, 1.165) is 11.0 Å². The molecule has 21 heavy (non-hydrogen) atoms. The highest BCUT2D eigenvalue weighted by molar-refractivity contribution is 6.32. The molecule has 2 rings (SSSR count). The Labute approximate surface area is 126 Å². The van der Waals surface area contributed by atoms with Gasteiger partial charge >= 0.3 is 5.97 Å². The summed E-state index contributed by atoms with van der Waals surface area (Å²) in [6, 6.07) is 11.9. The SMILES string of the molecule is Bc1ccc(OCc2cc(C)cc(C)c2)c(CC(=O)O)c1. The number of aryl methyl sites for hydroxylation is 2. The first-order chi connectivity index (χ1) is 9.94. The molecule has 0 radical (unpaired) electrons. The molecule has 0 spiro atoms. The monoisotopic (exact) mass is 282 g/mol. The van der Waals surface area contributed by atoms with Gasteiger partial charge < -0.3 is 9.84 Å². The molecule has 3 nitrogen and oxygen atoms in total. The van der Waals surface area contributed by atoms with E-state index >= 15 is 0 Å². The van der Waals surface area contributed by atoms with Crippen molar-refractivity contribution >= 4 is 19.3 Å². The fourth-order valence-corrected chi connectivity index (χ4v) is 2.46. The minimum absolute atomic E-state index is 0.0239. The van der Waals surface area contributed by atoms with Crippen LogP contribution in [0.15, 0.2) is 36.4 Å². The summed E-state index contributed by atoms with van der Waals surface area (Å²) in [5.74, 6) is -0.209. The van der Waals surface area contributed by atoms with Gasteiger partial charge in [-0.1, -0.05) is 46.9 Å². The van der Waals surface area contributed by atoms with Crippen molar-refractivity contribution in [1.29, 1.82) is 0 Å². The highest BCUT2D eigenvalue weighted by Gasteiger charge is 2.09. The van der Waals surface area contributed by atoms with Gasteiger partial charge in [-0.25, -0.2) is 0 Å². The molecule has 0 saturated heterocycles. The summed E-state index contributed by atoms with van der Waals surface area (Å²) in [4.78, 5) is 10.9. The first kappa shape index (κ1) is 15.2. The van der Waals surface area contributed by atoms with Crippen LogP contribution in [0.25, 0.3) is 0 Å². The predicted molar refractivity (Wildman–Crippen MR) is 86.2 cm³/mol. The minimum atomic E-state index is -0.850. The van der Waals surface area contributed by atoms with Crippen LogP contribution in [0.5, 0.6) is 5.75 Å². The molecule has 0 bridgehead atoms. The largest absolute Gasteiger partial charge is 0.489 e. The van der Waals surface area contributed by atoms with Crippen LogP contribution in [0, 0.1) is 13.8 Å². The molecule has 0 saturated carbocycles. The number of rotatable bonds is 5. The second-order valence-corrected chi connectivity index (χ2v) is 5.47. The van der Waals surface area contributed by atoms with E-state index in [9.17, 15) is 4.79 Å². The van der Waals surface area contributed by atoms with E-state index in [1.54, 1.807) is 0 Å². The normalized spacial score (nSPS) is 10.4. The molecule has 1 N–H and O–H groups in total. The summed E-state index contributed by atoms with van der Waals surface area (Å²) in [5.41, 5.74) is 5.23. The Morgan fingerprint density at radius 1 is 1.14 bits per heavy atom. The molecule has 0 aromatic heterocycles. The third kappa shape index (κ3) is 4.38. The van der Waals surface area contributed by atoms with Crippen molar-refractivity contribution in [3.63, 3.8) is 0 Å². The fourth-order valence-electron chi connectivity index (χ4n) is 2.46. The maximum Gasteiger partial charge on any atom is 0.307 e. The standard InChI is InChI=1S/C17H19BO3/c1-11-5-12(2)7-13(6-11)10-21-16-4-3-15(18)8-14(16)9-17(19)20/h3-8H,9-10,18H2,1-2H3,(H,19,20). The predicted octanol–water partition coefficient (Wildman–Crippen LogP) is 1.77. The summed E-state index contributed by atoms with van der Waals surface area (Å²) in [6.07, 6.45) is -0.0239. The lowest BCUT2D eigenvalue weighted by molar-refractivity contribution is -0.136. The van der Waals surface area contributed by atoms with Gasteiger partial charge in [-0.15, -0.1) is 0 Å². The highest BCUT2D eigenvalue weighted by atomic mass is 16.5. The average Bonchev–Trinajstić information content (AvgIpc) is 2.36. The molecule has 108 valence electrons. The molecule has 0 unspecified atom stereocenters. The zero-order valence-corrected chi connectivity index (χ0v) is 12.6. The first-order valence-electron chi connectivity index (χ1n) is 6.95. The maximum atomic E-state index is 10.9. The number of carboxylic acids is 1. The number of ether oxygens (including phenoxy) is 1. The molecule has 0 aliphatic heterocycles. The fraction of sp³-hybridized carbons (Fsp3) is 0.235. The number of benzene rings is 2. The smallest absolute Gasteiger partial charge is 0.307 e. The van der Waals surface area contributed by atoms with Crippen molar-refractivity contribution < 1.29 is 14.6 Å². The molecule has 2 aromatic rings. The molecular weight excluding hydrogens is 263 g/mol. The second kappa shape index (κ2) is 6.48. The van der Waals surface area contributed by atoms with Gasteiger partial charge in [-0.3, -0.25) is 4.79 Å². The van der Waals surface area contributed by atoms with E-state index in [4.69, 9.17) is 9.84 Å². The molecule has 0 fully saturated rings. The lowest BCUT2D eigenvalue weighted by Crippen LogP contribution is -2.09. The summed E-state index contributed by atoms with van der Waals surface area (Å²) < 4.78 is 5.83. The third-order valence-corrected chi connectivity index (χ3v) is 3.23. The van der Waals surface area contributed by atoms with Gasteiger partial charge in [-0.05, 0) is 25.5 Å². The van der Waals surface area contributed by atoms with Crippen molar-refractivity contribution in [2.45, 2.75) is 26.9 Å².